The van der Waals surface area contributed by atoms with E-state index in [1.807, 2.05) is 26.2 Å². The zero-order chi connectivity index (χ0) is 8.72. The fourth-order valence-electron chi connectivity index (χ4n) is 1.84. The summed E-state index contributed by atoms with van der Waals surface area (Å²) >= 11 is 0. The maximum absolute atomic E-state index is 8.78. The van der Waals surface area contributed by atoms with Crippen molar-refractivity contribution in [2.45, 2.75) is 6.04 Å². The van der Waals surface area contributed by atoms with E-state index in [1.54, 1.807) is 0 Å². The molecule has 2 nitrogen and oxygen atoms in total. The third-order valence-corrected chi connectivity index (χ3v) is 2.32. The molecule has 0 spiro atoms. The van der Waals surface area contributed by atoms with Crippen LogP contribution in [0.4, 0.5) is 0 Å². The molecule has 0 saturated carbocycles. The Kier molecular flexibility index (Phi) is 1.42. The number of nitrogens with zero attached hydrogens (tertiary/aromatic N) is 2. The van der Waals surface area contributed by atoms with Gasteiger partial charge in [0.05, 0.1) is 17.7 Å². The van der Waals surface area contributed by atoms with Crippen molar-refractivity contribution < 1.29 is 0 Å². The number of allylic oxidation sites excluding steroid dienone is 2. The lowest BCUT2D eigenvalue weighted by molar-refractivity contribution is 0.381. The van der Waals surface area contributed by atoms with Gasteiger partial charge in [0.1, 0.15) is 0 Å². The van der Waals surface area contributed by atoms with Crippen molar-refractivity contribution in [2.75, 3.05) is 14.1 Å². The van der Waals surface area contributed by atoms with Gasteiger partial charge in [0.15, 0.2) is 0 Å². The van der Waals surface area contributed by atoms with E-state index in [-0.39, 0.29) is 0 Å². The first-order valence-corrected chi connectivity index (χ1v) is 3.94. The van der Waals surface area contributed by atoms with Gasteiger partial charge < -0.3 is 0 Å². The van der Waals surface area contributed by atoms with Crippen molar-refractivity contribution in [1.82, 2.24) is 4.90 Å². The van der Waals surface area contributed by atoms with E-state index < -0.39 is 0 Å². The van der Waals surface area contributed by atoms with Crippen molar-refractivity contribution in [1.29, 1.82) is 5.26 Å². The molecule has 1 unspecified atom stereocenters. The predicted octanol–water partition coefficient (Wildman–Crippen LogP) is 1.25. The molecular weight excluding hydrogens is 148 g/mol. The van der Waals surface area contributed by atoms with Crippen LogP contribution in [-0.4, -0.2) is 25.0 Å². The summed E-state index contributed by atoms with van der Waals surface area (Å²) in [6.07, 6.45) is 6.10. The number of nitriles is 1. The molecule has 0 aromatic carbocycles. The Hall–Kier alpha value is -1.33. The highest BCUT2D eigenvalue weighted by molar-refractivity contribution is 5.64. The summed E-state index contributed by atoms with van der Waals surface area (Å²) in [4.78, 5) is 2.13. The standard InChI is InChI=1S/C10H10N2/c1-12(2)10-7-3-4-9(10)8(5-7)6-11/h3-5,10H,1-2H3. The average molecular weight is 158 g/mol. The smallest absolute Gasteiger partial charge is 0.0995 e. The molecule has 2 bridgehead atoms. The molecule has 0 radical (unpaired) electrons. The molecule has 0 saturated heterocycles. The lowest BCUT2D eigenvalue weighted by Gasteiger charge is -2.19. The van der Waals surface area contributed by atoms with Crippen molar-refractivity contribution in [3.8, 4) is 6.07 Å². The van der Waals surface area contributed by atoms with E-state index >= 15 is 0 Å². The number of fused-ring (bicyclic) bond motifs is 2. The number of hydrogen-bond acceptors (Lipinski definition) is 2. The molecule has 1 atom stereocenters. The number of hydrogen-bond donors (Lipinski definition) is 0. The lowest BCUT2D eigenvalue weighted by Crippen LogP contribution is -2.26. The molecule has 0 aromatic heterocycles. The van der Waals surface area contributed by atoms with Gasteiger partial charge in [-0.2, -0.15) is 5.26 Å². The fourth-order valence-corrected chi connectivity index (χ4v) is 1.84. The van der Waals surface area contributed by atoms with Crippen LogP contribution < -0.4 is 0 Å². The molecule has 2 aliphatic rings. The normalized spacial score (nSPS) is 25.2. The van der Waals surface area contributed by atoms with Crippen LogP contribution in [0.2, 0.25) is 0 Å². The zero-order valence-corrected chi connectivity index (χ0v) is 7.20. The Bertz CT molecular complexity index is 351. The molecule has 2 rings (SSSR count). The quantitative estimate of drug-likeness (QED) is 0.574. The molecule has 2 heteroatoms. The molecule has 0 heterocycles. The first-order chi connectivity index (χ1) is 5.74. The fraction of sp³-hybridized carbons (Fsp3) is 0.300. The van der Waals surface area contributed by atoms with Crippen LogP contribution in [0.1, 0.15) is 0 Å². The van der Waals surface area contributed by atoms with Gasteiger partial charge >= 0.3 is 0 Å². The largest absolute Gasteiger partial charge is 0.299 e. The van der Waals surface area contributed by atoms with E-state index in [9.17, 15) is 0 Å². The minimum Gasteiger partial charge on any atom is -0.299 e. The number of likely N-dealkylation sites (N-methyl/N-ethyl adjacent to an activating group) is 1. The second kappa shape index (κ2) is 2.33. The second-order valence-corrected chi connectivity index (χ2v) is 3.32. The molecule has 0 aromatic rings. The Morgan fingerprint density at radius 2 is 2.17 bits per heavy atom. The SMILES string of the molecule is CN(C)C1C2=CC(C#N)=C1C=C2. The monoisotopic (exact) mass is 158 g/mol. The Balaban J connectivity index is 2.45. The average Bonchev–Trinajstić information content (AvgIpc) is 2.59. The molecule has 12 heavy (non-hydrogen) atoms. The molecule has 0 amide bonds. The number of rotatable bonds is 1. The maximum atomic E-state index is 8.78. The van der Waals surface area contributed by atoms with Crippen molar-refractivity contribution in [3.05, 3.63) is 34.9 Å². The summed E-state index contributed by atoms with van der Waals surface area (Å²) in [5.74, 6) is 0. The van der Waals surface area contributed by atoms with Crippen LogP contribution in [0.15, 0.2) is 34.9 Å². The summed E-state index contributed by atoms with van der Waals surface area (Å²) < 4.78 is 0. The van der Waals surface area contributed by atoms with E-state index in [2.05, 4.69) is 17.0 Å². The summed E-state index contributed by atoms with van der Waals surface area (Å²) in [6.45, 7) is 0. The molecule has 2 aliphatic carbocycles. The lowest BCUT2D eigenvalue weighted by atomic mass is 10.1. The minimum absolute atomic E-state index is 0.333. The summed E-state index contributed by atoms with van der Waals surface area (Å²) in [7, 11) is 4.07. The van der Waals surface area contributed by atoms with Crippen LogP contribution in [0, 0.1) is 11.3 Å². The van der Waals surface area contributed by atoms with Gasteiger partial charge in [0.2, 0.25) is 0 Å². The van der Waals surface area contributed by atoms with Gasteiger partial charge in [-0.25, -0.2) is 0 Å². The van der Waals surface area contributed by atoms with Gasteiger partial charge in [-0.15, -0.1) is 0 Å². The van der Waals surface area contributed by atoms with Crippen LogP contribution in [0.5, 0.6) is 0 Å². The molecule has 0 fully saturated rings. The highest BCUT2D eigenvalue weighted by Gasteiger charge is 2.30. The first kappa shape index (κ1) is 7.33. The van der Waals surface area contributed by atoms with Gasteiger partial charge in [-0.05, 0) is 31.3 Å². The summed E-state index contributed by atoms with van der Waals surface area (Å²) in [6, 6.07) is 2.54. The third-order valence-electron chi connectivity index (χ3n) is 2.32. The van der Waals surface area contributed by atoms with E-state index in [4.69, 9.17) is 5.26 Å². The summed E-state index contributed by atoms with van der Waals surface area (Å²) in [5.41, 5.74) is 3.22. The van der Waals surface area contributed by atoms with Gasteiger partial charge in [-0.1, -0.05) is 12.2 Å². The molecule has 60 valence electrons. The van der Waals surface area contributed by atoms with Crippen LogP contribution in [-0.2, 0) is 0 Å². The van der Waals surface area contributed by atoms with Crippen molar-refractivity contribution in [3.63, 3.8) is 0 Å². The van der Waals surface area contributed by atoms with Crippen LogP contribution >= 0.6 is 0 Å². The Morgan fingerprint density at radius 1 is 1.42 bits per heavy atom. The zero-order valence-electron chi connectivity index (χ0n) is 7.20. The minimum atomic E-state index is 0.333. The highest BCUT2D eigenvalue weighted by Crippen LogP contribution is 2.35. The van der Waals surface area contributed by atoms with Crippen molar-refractivity contribution in [2.24, 2.45) is 0 Å². The van der Waals surface area contributed by atoms with E-state index in [0.717, 1.165) is 11.1 Å². The molecule has 0 N–H and O–H groups in total. The van der Waals surface area contributed by atoms with E-state index in [1.165, 1.54) is 5.57 Å². The topological polar surface area (TPSA) is 27.0 Å². The van der Waals surface area contributed by atoms with E-state index in [0.29, 0.717) is 6.04 Å². The van der Waals surface area contributed by atoms with Gasteiger partial charge in [0, 0.05) is 0 Å². The third kappa shape index (κ3) is 0.774. The van der Waals surface area contributed by atoms with Crippen molar-refractivity contribution >= 4 is 0 Å². The first-order valence-electron chi connectivity index (χ1n) is 3.94. The Morgan fingerprint density at radius 3 is 2.58 bits per heavy atom. The van der Waals surface area contributed by atoms with Crippen LogP contribution in [0.25, 0.3) is 0 Å². The summed E-state index contributed by atoms with van der Waals surface area (Å²) in [5, 5.41) is 8.78. The van der Waals surface area contributed by atoms with Gasteiger partial charge in [0.25, 0.3) is 0 Å². The van der Waals surface area contributed by atoms with Gasteiger partial charge in [-0.3, -0.25) is 4.90 Å². The Labute approximate surface area is 72.1 Å². The predicted molar refractivity (Wildman–Crippen MR) is 47.3 cm³/mol. The second-order valence-electron chi connectivity index (χ2n) is 3.32. The highest BCUT2D eigenvalue weighted by atomic mass is 15.1. The molecule has 0 aliphatic heterocycles. The van der Waals surface area contributed by atoms with Crippen LogP contribution in [0.3, 0.4) is 0 Å². The maximum Gasteiger partial charge on any atom is 0.0995 e. The molecular formula is C10H10N2.